The first-order valence-electron chi connectivity index (χ1n) is 7.86. The minimum absolute atomic E-state index is 0.721. The third kappa shape index (κ3) is 4.99. The van der Waals surface area contributed by atoms with Crippen LogP contribution >= 0.6 is 0 Å². The largest absolute Gasteiger partial charge is 0.384 e. The molecule has 4 nitrogen and oxygen atoms in total. The van der Waals surface area contributed by atoms with Gasteiger partial charge in [-0.1, -0.05) is 18.2 Å². The van der Waals surface area contributed by atoms with Crippen LogP contribution in [0.25, 0.3) is 0 Å². The van der Waals surface area contributed by atoms with Crippen molar-refractivity contribution in [1.29, 1.82) is 0 Å². The van der Waals surface area contributed by atoms with Crippen molar-refractivity contribution in [2.24, 2.45) is 5.92 Å². The second kappa shape index (κ2) is 9.03. The van der Waals surface area contributed by atoms with Crippen LogP contribution in [0.1, 0.15) is 18.4 Å². The standard InChI is InChI=1S/C17H28N2O2/c1-20-12-9-18-13-16-5-3-4-6-17(16)19-10-7-15(8-11-19)14-21-2/h3-6,15,18H,7-14H2,1-2H3. The molecule has 1 fully saturated rings. The molecule has 1 aliphatic heterocycles. The second-order valence-corrected chi connectivity index (χ2v) is 5.68. The summed E-state index contributed by atoms with van der Waals surface area (Å²) in [7, 11) is 3.53. The van der Waals surface area contributed by atoms with Crippen molar-refractivity contribution in [2.45, 2.75) is 19.4 Å². The van der Waals surface area contributed by atoms with Crippen molar-refractivity contribution in [3.8, 4) is 0 Å². The van der Waals surface area contributed by atoms with Gasteiger partial charge in [0, 0.05) is 52.7 Å². The van der Waals surface area contributed by atoms with E-state index in [-0.39, 0.29) is 0 Å². The van der Waals surface area contributed by atoms with Gasteiger partial charge in [0.05, 0.1) is 6.61 Å². The number of para-hydroxylation sites is 1. The van der Waals surface area contributed by atoms with Crippen LogP contribution in [-0.4, -0.2) is 47.1 Å². The zero-order valence-corrected chi connectivity index (χ0v) is 13.3. The van der Waals surface area contributed by atoms with E-state index >= 15 is 0 Å². The number of rotatable bonds is 8. The van der Waals surface area contributed by atoms with Crippen LogP contribution in [0.2, 0.25) is 0 Å². The summed E-state index contributed by atoms with van der Waals surface area (Å²) >= 11 is 0. The van der Waals surface area contributed by atoms with Gasteiger partial charge in [-0.2, -0.15) is 0 Å². The topological polar surface area (TPSA) is 33.7 Å². The Kier molecular flexibility index (Phi) is 7.00. The maximum atomic E-state index is 5.28. The highest BCUT2D eigenvalue weighted by atomic mass is 16.5. The fourth-order valence-electron chi connectivity index (χ4n) is 2.94. The van der Waals surface area contributed by atoms with Gasteiger partial charge < -0.3 is 19.7 Å². The zero-order valence-electron chi connectivity index (χ0n) is 13.3. The Balaban J connectivity index is 1.90. The average molecular weight is 292 g/mol. The van der Waals surface area contributed by atoms with E-state index in [4.69, 9.17) is 9.47 Å². The first kappa shape index (κ1) is 16.3. The van der Waals surface area contributed by atoms with Gasteiger partial charge in [0.1, 0.15) is 0 Å². The fourth-order valence-corrected chi connectivity index (χ4v) is 2.94. The number of piperidine rings is 1. The van der Waals surface area contributed by atoms with Crippen LogP contribution < -0.4 is 10.2 Å². The molecule has 0 bridgehead atoms. The van der Waals surface area contributed by atoms with E-state index in [0.717, 1.165) is 45.3 Å². The van der Waals surface area contributed by atoms with Crippen LogP contribution in [0.3, 0.4) is 0 Å². The number of anilines is 1. The van der Waals surface area contributed by atoms with E-state index in [0.29, 0.717) is 0 Å². The van der Waals surface area contributed by atoms with Crippen molar-refractivity contribution in [3.63, 3.8) is 0 Å². The third-order valence-corrected chi connectivity index (χ3v) is 4.15. The van der Waals surface area contributed by atoms with Gasteiger partial charge in [-0.3, -0.25) is 0 Å². The first-order chi connectivity index (χ1) is 10.3. The van der Waals surface area contributed by atoms with Crippen molar-refractivity contribution < 1.29 is 9.47 Å². The molecule has 1 heterocycles. The number of nitrogens with zero attached hydrogens (tertiary/aromatic N) is 1. The molecule has 0 aromatic heterocycles. The van der Waals surface area contributed by atoms with E-state index < -0.39 is 0 Å². The molecule has 1 aromatic rings. The zero-order chi connectivity index (χ0) is 14.9. The highest BCUT2D eigenvalue weighted by Gasteiger charge is 2.20. The SMILES string of the molecule is COCCNCc1ccccc1N1CCC(COC)CC1. The number of hydrogen-bond acceptors (Lipinski definition) is 4. The summed E-state index contributed by atoms with van der Waals surface area (Å²) < 4.78 is 10.4. The van der Waals surface area contributed by atoms with Crippen molar-refractivity contribution in [1.82, 2.24) is 5.32 Å². The Bertz CT molecular complexity index is 404. The van der Waals surface area contributed by atoms with Gasteiger partial charge in [-0.15, -0.1) is 0 Å². The molecule has 0 aliphatic carbocycles. The molecule has 0 spiro atoms. The Morgan fingerprint density at radius 2 is 1.90 bits per heavy atom. The number of hydrogen-bond donors (Lipinski definition) is 1. The molecule has 118 valence electrons. The summed E-state index contributed by atoms with van der Waals surface area (Å²) in [6.07, 6.45) is 2.44. The molecule has 21 heavy (non-hydrogen) atoms. The summed E-state index contributed by atoms with van der Waals surface area (Å²) in [4.78, 5) is 2.51. The molecule has 0 amide bonds. The molecule has 1 saturated heterocycles. The number of methoxy groups -OCH3 is 2. The number of benzene rings is 1. The molecule has 0 radical (unpaired) electrons. The van der Waals surface area contributed by atoms with Gasteiger partial charge >= 0.3 is 0 Å². The maximum Gasteiger partial charge on any atom is 0.0587 e. The molecular weight excluding hydrogens is 264 g/mol. The monoisotopic (exact) mass is 292 g/mol. The van der Waals surface area contributed by atoms with Crippen molar-refractivity contribution in [2.75, 3.05) is 52.0 Å². The van der Waals surface area contributed by atoms with Gasteiger partial charge in [0.15, 0.2) is 0 Å². The van der Waals surface area contributed by atoms with E-state index in [1.54, 1.807) is 14.2 Å². The Labute approximate surface area is 128 Å². The van der Waals surface area contributed by atoms with E-state index in [2.05, 4.69) is 34.5 Å². The first-order valence-corrected chi connectivity index (χ1v) is 7.86. The van der Waals surface area contributed by atoms with Crippen LogP contribution in [0.4, 0.5) is 5.69 Å². The molecule has 1 aromatic carbocycles. The lowest BCUT2D eigenvalue weighted by Gasteiger charge is -2.34. The van der Waals surface area contributed by atoms with Gasteiger partial charge in [-0.25, -0.2) is 0 Å². The number of ether oxygens (including phenoxy) is 2. The minimum Gasteiger partial charge on any atom is -0.384 e. The average Bonchev–Trinajstić information content (AvgIpc) is 2.53. The Morgan fingerprint density at radius 1 is 1.14 bits per heavy atom. The van der Waals surface area contributed by atoms with Crippen LogP contribution in [0.5, 0.6) is 0 Å². The Morgan fingerprint density at radius 3 is 2.62 bits per heavy atom. The lowest BCUT2D eigenvalue weighted by atomic mass is 9.96. The summed E-state index contributed by atoms with van der Waals surface area (Å²) in [5.74, 6) is 0.721. The van der Waals surface area contributed by atoms with Crippen LogP contribution in [-0.2, 0) is 16.0 Å². The second-order valence-electron chi connectivity index (χ2n) is 5.68. The predicted molar refractivity (Wildman–Crippen MR) is 86.8 cm³/mol. The van der Waals surface area contributed by atoms with Crippen LogP contribution in [0.15, 0.2) is 24.3 Å². The highest BCUT2D eigenvalue weighted by Crippen LogP contribution is 2.26. The molecule has 1 aliphatic rings. The van der Waals surface area contributed by atoms with Crippen molar-refractivity contribution >= 4 is 5.69 Å². The normalized spacial score (nSPS) is 16.4. The van der Waals surface area contributed by atoms with Crippen molar-refractivity contribution in [3.05, 3.63) is 29.8 Å². The number of nitrogens with one attached hydrogen (secondary N) is 1. The molecule has 0 saturated carbocycles. The lowest BCUT2D eigenvalue weighted by Crippen LogP contribution is -2.36. The van der Waals surface area contributed by atoms with E-state index in [1.807, 2.05) is 0 Å². The van der Waals surface area contributed by atoms with Gasteiger partial charge in [0.25, 0.3) is 0 Å². The highest BCUT2D eigenvalue weighted by molar-refractivity contribution is 5.53. The van der Waals surface area contributed by atoms with E-state index in [1.165, 1.54) is 24.1 Å². The maximum absolute atomic E-state index is 5.28. The predicted octanol–water partition coefficient (Wildman–Crippen LogP) is 2.29. The van der Waals surface area contributed by atoms with Crippen LogP contribution in [0, 0.1) is 5.92 Å². The molecule has 0 unspecified atom stereocenters. The minimum atomic E-state index is 0.721. The molecular formula is C17H28N2O2. The summed E-state index contributed by atoms with van der Waals surface area (Å²) in [6.45, 7) is 5.70. The van der Waals surface area contributed by atoms with Gasteiger partial charge in [0.2, 0.25) is 0 Å². The summed E-state index contributed by atoms with van der Waals surface area (Å²) in [5.41, 5.74) is 2.75. The lowest BCUT2D eigenvalue weighted by molar-refractivity contribution is 0.139. The third-order valence-electron chi connectivity index (χ3n) is 4.15. The molecule has 0 atom stereocenters. The summed E-state index contributed by atoms with van der Waals surface area (Å²) in [5, 5.41) is 3.44. The summed E-state index contributed by atoms with van der Waals surface area (Å²) in [6, 6.07) is 8.71. The fraction of sp³-hybridized carbons (Fsp3) is 0.647. The Hall–Kier alpha value is -1.10. The molecule has 1 N–H and O–H groups in total. The van der Waals surface area contributed by atoms with E-state index in [9.17, 15) is 0 Å². The quantitative estimate of drug-likeness (QED) is 0.745. The molecule has 4 heteroatoms. The molecule has 2 rings (SSSR count). The van der Waals surface area contributed by atoms with Gasteiger partial charge in [-0.05, 0) is 30.4 Å². The smallest absolute Gasteiger partial charge is 0.0587 e.